The van der Waals surface area contributed by atoms with E-state index in [0.29, 0.717) is 6.61 Å². The van der Waals surface area contributed by atoms with Crippen LogP contribution in [-0.4, -0.2) is 29.7 Å². The fourth-order valence-electron chi connectivity index (χ4n) is 1.04. The molecule has 0 spiro atoms. The van der Waals surface area contributed by atoms with E-state index < -0.39 is 18.0 Å². The highest BCUT2D eigenvalue weighted by atomic mass is 16.5. The van der Waals surface area contributed by atoms with Gasteiger partial charge in [-0.3, -0.25) is 9.59 Å². The summed E-state index contributed by atoms with van der Waals surface area (Å²) in [5.74, 6) is -1.72. The average Bonchev–Trinajstić information content (AvgIpc) is 2.17. The average molecular weight is 217 g/mol. The van der Waals surface area contributed by atoms with E-state index in [9.17, 15) is 9.59 Å². The third-order valence-corrected chi connectivity index (χ3v) is 1.96. The molecule has 5 nitrogen and oxygen atoms in total. The van der Waals surface area contributed by atoms with E-state index in [1.165, 1.54) is 0 Å². The lowest BCUT2D eigenvalue weighted by Crippen LogP contribution is -2.33. The van der Waals surface area contributed by atoms with Crippen LogP contribution in [0, 0.1) is 0 Å². The molecular formula is C10H19NO4. The first-order valence-corrected chi connectivity index (χ1v) is 5.22. The smallest absolute Gasteiger partial charge is 0.321 e. The summed E-state index contributed by atoms with van der Waals surface area (Å²) in [7, 11) is 0. The molecule has 0 heterocycles. The van der Waals surface area contributed by atoms with Gasteiger partial charge >= 0.3 is 11.9 Å². The minimum absolute atomic E-state index is 0.261. The highest BCUT2D eigenvalue weighted by molar-refractivity contribution is 5.81. The van der Waals surface area contributed by atoms with E-state index in [-0.39, 0.29) is 6.42 Å². The second kappa shape index (κ2) is 8.23. The fourth-order valence-corrected chi connectivity index (χ4v) is 1.04. The van der Waals surface area contributed by atoms with E-state index in [1.807, 2.05) is 0 Å². The fraction of sp³-hybridized carbons (Fsp3) is 0.800. The molecule has 0 rings (SSSR count). The highest BCUT2D eigenvalue weighted by Gasteiger charge is 2.16. The zero-order valence-electron chi connectivity index (χ0n) is 9.07. The number of ether oxygens (including phenoxy) is 1. The van der Waals surface area contributed by atoms with Gasteiger partial charge in [0.1, 0.15) is 6.04 Å². The monoisotopic (exact) mass is 217 g/mol. The topological polar surface area (TPSA) is 89.6 Å². The Morgan fingerprint density at radius 3 is 2.53 bits per heavy atom. The number of carbonyl (C=O) groups excluding carboxylic acids is 1. The van der Waals surface area contributed by atoms with Gasteiger partial charge in [-0.2, -0.15) is 0 Å². The quantitative estimate of drug-likeness (QED) is 0.466. The molecule has 0 aliphatic heterocycles. The molecule has 1 atom stereocenters. The maximum Gasteiger partial charge on any atom is 0.321 e. The SMILES string of the molecule is CCCCCCOC(=O)CC(N)C(=O)O. The molecule has 0 aromatic heterocycles. The summed E-state index contributed by atoms with van der Waals surface area (Å²) in [6.45, 7) is 2.45. The molecule has 0 fully saturated rings. The normalized spacial score (nSPS) is 12.1. The van der Waals surface area contributed by atoms with Crippen molar-refractivity contribution in [3.05, 3.63) is 0 Å². The Morgan fingerprint density at radius 2 is 2.00 bits per heavy atom. The molecule has 0 aromatic carbocycles. The lowest BCUT2D eigenvalue weighted by molar-refractivity contribution is -0.148. The number of carbonyl (C=O) groups is 2. The van der Waals surface area contributed by atoms with Gasteiger partial charge < -0.3 is 15.6 Å². The largest absolute Gasteiger partial charge is 0.480 e. The van der Waals surface area contributed by atoms with Crippen molar-refractivity contribution in [2.75, 3.05) is 6.61 Å². The van der Waals surface area contributed by atoms with E-state index in [1.54, 1.807) is 0 Å². The first kappa shape index (κ1) is 13.9. The van der Waals surface area contributed by atoms with Crippen LogP contribution in [0.3, 0.4) is 0 Å². The second-order valence-electron chi connectivity index (χ2n) is 3.43. The van der Waals surface area contributed by atoms with Crippen molar-refractivity contribution < 1.29 is 19.4 Å². The van der Waals surface area contributed by atoms with Gasteiger partial charge in [0.15, 0.2) is 0 Å². The molecule has 15 heavy (non-hydrogen) atoms. The van der Waals surface area contributed by atoms with E-state index >= 15 is 0 Å². The minimum Gasteiger partial charge on any atom is -0.480 e. The van der Waals surface area contributed by atoms with Gasteiger partial charge in [-0.25, -0.2) is 0 Å². The number of carboxylic acid groups (broad SMARTS) is 1. The van der Waals surface area contributed by atoms with Crippen LogP contribution in [0.15, 0.2) is 0 Å². The van der Waals surface area contributed by atoms with E-state index in [4.69, 9.17) is 15.6 Å². The first-order valence-electron chi connectivity index (χ1n) is 5.22. The first-order chi connectivity index (χ1) is 7.07. The van der Waals surface area contributed by atoms with Gasteiger partial charge in [0, 0.05) is 0 Å². The number of rotatable bonds is 8. The van der Waals surface area contributed by atoms with Gasteiger partial charge in [-0.15, -0.1) is 0 Å². The Kier molecular flexibility index (Phi) is 7.62. The summed E-state index contributed by atoms with van der Waals surface area (Å²) in [6.07, 6.45) is 3.82. The standard InChI is InChI=1S/C10H19NO4/c1-2-3-4-5-6-15-9(12)7-8(11)10(13)14/h8H,2-7,11H2,1H3,(H,13,14). The Bertz CT molecular complexity index is 206. The van der Waals surface area contributed by atoms with Crippen LogP contribution >= 0.6 is 0 Å². The molecule has 3 N–H and O–H groups in total. The zero-order chi connectivity index (χ0) is 11.7. The predicted octanol–water partition coefficient (Wildman–Crippen LogP) is 0.912. The highest BCUT2D eigenvalue weighted by Crippen LogP contribution is 2.00. The molecular weight excluding hydrogens is 198 g/mol. The number of esters is 1. The Balaban J connectivity index is 3.45. The van der Waals surface area contributed by atoms with Crippen LogP contribution in [0.25, 0.3) is 0 Å². The van der Waals surface area contributed by atoms with E-state index in [0.717, 1.165) is 25.7 Å². The van der Waals surface area contributed by atoms with Gasteiger partial charge in [-0.05, 0) is 6.42 Å². The van der Waals surface area contributed by atoms with Gasteiger partial charge in [0.2, 0.25) is 0 Å². The van der Waals surface area contributed by atoms with Crippen molar-refractivity contribution in [3.8, 4) is 0 Å². The summed E-state index contributed by atoms with van der Waals surface area (Å²) < 4.78 is 4.83. The molecule has 0 saturated heterocycles. The van der Waals surface area contributed by atoms with Crippen LogP contribution in [0.1, 0.15) is 39.0 Å². The number of nitrogens with two attached hydrogens (primary N) is 1. The van der Waals surface area contributed by atoms with Crippen LogP contribution in [0.2, 0.25) is 0 Å². The van der Waals surface area contributed by atoms with Crippen molar-refractivity contribution in [2.24, 2.45) is 5.73 Å². The van der Waals surface area contributed by atoms with Crippen molar-refractivity contribution >= 4 is 11.9 Å². The van der Waals surface area contributed by atoms with Crippen molar-refractivity contribution in [1.82, 2.24) is 0 Å². The summed E-state index contributed by atoms with van der Waals surface area (Å²) in [5, 5.41) is 8.44. The molecule has 0 bridgehead atoms. The van der Waals surface area contributed by atoms with Crippen molar-refractivity contribution in [2.45, 2.75) is 45.1 Å². The Morgan fingerprint density at radius 1 is 1.33 bits per heavy atom. The maximum atomic E-state index is 11.0. The van der Waals surface area contributed by atoms with Crippen LogP contribution in [0.4, 0.5) is 0 Å². The van der Waals surface area contributed by atoms with Crippen LogP contribution < -0.4 is 5.73 Å². The molecule has 1 unspecified atom stereocenters. The number of unbranched alkanes of at least 4 members (excludes halogenated alkanes) is 3. The van der Waals surface area contributed by atoms with Crippen molar-refractivity contribution in [1.29, 1.82) is 0 Å². The molecule has 0 aromatic rings. The minimum atomic E-state index is -1.18. The van der Waals surface area contributed by atoms with E-state index in [2.05, 4.69) is 6.92 Å². The van der Waals surface area contributed by atoms with Crippen LogP contribution in [-0.2, 0) is 14.3 Å². The Hall–Kier alpha value is -1.10. The van der Waals surface area contributed by atoms with Gasteiger partial charge in [-0.1, -0.05) is 26.2 Å². The number of aliphatic carboxylic acids is 1. The number of carboxylic acids is 1. The molecule has 88 valence electrons. The summed E-state index contributed by atoms with van der Waals surface area (Å²) in [6, 6.07) is -1.16. The Labute approximate surface area is 89.6 Å². The van der Waals surface area contributed by atoms with Crippen molar-refractivity contribution in [3.63, 3.8) is 0 Å². The molecule has 0 aliphatic rings. The molecule has 5 heteroatoms. The summed E-state index contributed by atoms with van der Waals surface area (Å²) in [5.41, 5.74) is 5.17. The van der Waals surface area contributed by atoms with Gasteiger partial charge in [0.25, 0.3) is 0 Å². The third-order valence-electron chi connectivity index (χ3n) is 1.96. The summed E-state index contributed by atoms with van der Waals surface area (Å²) >= 11 is 0. The molecule has 0 radical (unpaired) electrons. The molecule has 0 saturated carbocycles. The third kappa shape index (κ3) is 7.93. The second-order valence-corrected chi connectivity index (χ2v) is 3.43. The molecule has 0 amide bonds. The molecule has 0 aliphatic carbocycles. The zero-order valence-corrected chi connectivity index (χ0v) is 9.07. The summed E-state index contributed by atoms with van der Waals surface area (Å²) in [4.78, 5) is 21.3. The lowest BCUT2D eigenvalue weighted by atomic mass is 10.2. The predicted molar refractivity (Wildman–Crippen MR) is 55.3 cm³/mol. The van der Waals surface area contributed by atoms with Gasteiger partial charge in [0.05, 0.1) is 13.0 Å². The number of hydrogen-bond donors (Lipinski definition) is 2. The number of hydrogen-bond acceptors (Lipinski definition) is 4. The maximum absolute atomic E-state index is 11.0. The van der Waals surface area contributed by atoms with Crippen LogP contribution in [0.5, 0.6) is 0 Å². The lowest BCUT2D eigenvalue weighted by Gasteiger charge is -2.06.